The summed E-state index contributed by atoms with van der Waals surface area (Å²) < 4.78 is 42.2. The Hall–Kier alpha value is -3.29. The zero-order valence-electron chi connectivity index (χ0n) is 16.9. The molecule has 0 bridgehead atoms. The molecule has 0 aliphatic carbocycles. The topological polar surface area (TPSA) is 70.2 Å². The first-order valence-electron chi connectivity index (χ1n) is 9.76. The van der Waals surface area contributed by atoms with Gasteiger partial charge in [-0.05, 0) is 48.2 Å². The van der Waals surface area contributed by atoms with Crippen LogP contribution in [0.1, 0.15) is 16.7 Å². The predicted octanol–water partition coefficient (Wildman–Crippen LogP) is 4.37. The number of halogens is 1. The molecule has 1 N–H and O–H groups in total. The third-order valence-corrected chi connectivity index (χ3v) is 6.90. The smallest absolute Gasteiger partial charge is 0.252 e. The van der Waals surface area contributed by atoms with Gasteiger partial charge in [-0.2, -0.15) is 4.31 Å². The van der Waals surface area contributed by atoms with E-state index in [1.807, 2.05) is 31.2 Å². The molecule has 4 rings (SSSR count). The highest BCUT2D eigenvalue weighted by Gasteiger charge is 2.28. The van der Waals surface area contributed by atoms with E-state index in [0.717, 1.165) is 26.9 Å². The van der Waals surface area contributed by atoms with Crippen molar-refractivity contribution in [1.82, 2.24) is 9.29 Å². The van der Waals surface area contributed by atoms with Crippen molar-refractivity contribution in [1.29, 1.82) is 0 Å². The molecule has 1 heterocycles. The van der Waals surface area contributed by atoms with Crippen molar-refractivity contribution in [2.45, 2.75) is 24.9 Å². The maximum atomic E-state index is 14.4. The summed E-state index contributed by atoms with van der Waals surface area (Å²) in [6.07, 6.45) is 0. The largest absolute Gasteiger partial charge is 0.322 e. The van der Waals surface area contributed by atoms with Crippen LogP contribution >= 0.6 is 0 Å². The van der Waals surface area contributed by atoms with Crippen molar-refractivity contribution in [2.24, 2.45) is 0 Å². The second kappa shape index (κ2) is 8.45. The van der Waals surface area contributed by atoms with Crippen LogP contribution in [0.4, 0.5) is 4.39 Å². The van der Waals surface area contributed by atoms with Crippen LogP contribution in [0, 0.1) is 12.7 Å². The molecule has 0 aliphatic heterocycles. The summed E-state index contributed by atoms with van der Waals surface area (Å²) in [5.74, 6) is -0.830. The Bertz CT molecular complexity index is 1400. The fraction of sp³-hybridized carbons (Fsp3) is 0.125. The molecule has 3 aromatic carbocycles. The highest BCUT2D eigenvalue weighted by molar-refractivity contribution is 7.89. The van der Waals surface area contributed by atoms with E-state index in [9.17, 15) is 17.6 Å². The number of benzene rings is 3. The molecule has 0 amide bonds. The van der Waals surface area contributed by atoms with Gasteiger partial charge in [0.25, 0.3) is 5.56 Å². The summed E-state index contributed by atoms with van der Waals surface area (Å²) >= 11 is 0. The van der Waals surface area contributed by atoms with Gasteiger partial charge >= 0.3 is 0 Å². The van der Waals surface area contributed by atoms with Gasteiger partial charge in [0, 0.05) is 24.2 Å². The Kier molecular flexibility index (Phi) is 5.71. The standard InChI is InChI=1S/C24H21FN2O3S/c1-17-11-12-22-19(13-17)14-20(24(28)26-22)16-27(15-18-7-3-2-4-8-18)31(29,30)23-10-6-5-9-21(23)25/h2-14H,15-16H2,1H3,(H,26,28). The number of aryl methyl sites for hydroxylation is 1. The highest BCUT2D eigenvalue weighted by Crippen LogP contribution is 2.23. The molecule has 4 aromatic rings. The third kappa shape index (κ3) is 4.42. The number of nitrogens with zero attached hydrogens (tertiary/aromatic N) is 1. The molecule has 0 atom stereocenters. The van der Waals surface area contributed by atoms with E-state index in [-0.39, 0.29) is 24.2 Å². The Morgan fingerprint density at radius 3 is 2.35 bits per heavy atom. The number of nitrogens with one attached hydrogen (secondary N) is 1. The van der Waals surface area contributed by atoms with Gasteiger partial charge in [-0.15, -0.1) is 0 Å². The number of hydrogen-bond acceptors (Lipinski definition) is 3. The highest BCUT2D eigenvalue weighted by atomic mass is 32.2. The lowest BCUT2D eigenvalue weighted by Crippen LogP contribution is -2.33. The fourth-order valence-electron chi connectivity index (χ4n) is 3.48. The van der Waals surface area contributed by atoms with Crippen molar-refractivity contribution in [3.05, 3.63) is 112 Å². The monoisotopic (exact) mass is 436 g/mol. The molecule has 0 saturated carbocycles. The molecule has 0 spiro atoms. The lowest BCUT2D eigenvalue weighted by molar-refractivity contribution is 0.396. The van der Waals surface area contributed by atoms with E-state index >= 15 is 0 Å². The van der Waals surface area contributed by atoms with Crippen molar-refractivity contribution >= 4 is 20.9 Å². The lowest BCUT2D eigenvalue weighted by Gasteiger charge is -2.22. The molecular weight excluding hydrogens is 415 g/mol. The minimum Gasteiger partial charge on any atom is -0.322 e. The summed E-state index contributed by atoms with van der Waals surface area (Å²) in [6.45, 7) is 1.75. The van der Waals surface area contributed by atoms with Crippen LogP contribution in [-0.4, -0.2) is 17.7 Å². The quantitative estimate of drug-likeness (QED) is 0.488. The molecule has 0 fully saturated rings. The third-order valence-electron chi connectivity index (χ3n) is 5.08. The normalized spacial score (nSPS) is 11.8. The van der Waals surface area contributed by atoms with Crippen LogP contribution in [0.5, 0.6) is 0 Å². The van der Waals surface area contributed by atoms with E-state index in [2.05, 4.69) is 4.98 Å². The van der Waals surface area contributed by atoms with Gasteiger partial charge in [0.2, 0.25) is 10.0 Å². The number of H-pyrrole nitrogens is 1. The molecule has 0 radical (unpaired) electrons. The molecule has 158 valence electrons. The van der Waals surface area contributed by atoms with Crippen LogP contribution in [-0.2, 0) is 23.1 Å². The van der Waals surface area contributed by atoms with Gasteiger partial charge in [-0.25, -0.2) is 12.8 Å². The number of aromatic amines is 1. The fourth-order valence-corrected chi connectivity index (χ4v) is 4.96. The van der Waals surface area contributed by atoms with Crippen LogP contribution in [0.2, 0.25) is 0 Å². The average Bonchev–Trinajstić information content (AvgIpc) is 2.75. The van der Waals surface area contributed by atoms with E-state index in [1.54, 1.807) is 30.3 Å². The molecule has 7 heteroatoms. The zero-order chi connectivity index (χ0) is 22.0. The van der Waals surface area contributed by atoms with E-state index < -0.39 is 20.7 Å². The molecular formula is C24H21FN2O3S. The molecule has 1 aromatic heterocycles. The van der Waals surface area contributed by atoms with Crippen LogP contribution in [0.3, 0.4) is 0 Å². The first kappa shape index (κ1) is 21.0. The van der Waals surface area contributed by atoms with Crippen LogP contribution < -0.4 is 5.56 Å². The van der Waals surface area contributed by atoms with Crippen molar-refractivity contribution < 1.29 is 12.8 Å². The van der Waals surface area contributed by atoms with E-state index in [0.29, 0.717) is 5.52 Å². The summed E-state index contributed by atoms with van der Waals surface area (Å²) in [5, 5.41) is 0.803. The summed E-state index contributed by atoms with van der Waals surface area (Å²) in [7, 11) is -4.20. The second-order valence-electron chi connectivity index (χ2n) is 7.40. The maximum Gasteiger partial charge on any atom is 0.252 e. The number of rotatable bonds is 6. The number of aromatic nitrogens is 1. The van der Waals surface area contributed by atoms with Crippen molar-refractivity contribution in [3.8, 4) is 0 Å². The van der Waals surface area contributed by atoms with Crippen molar-refractivity contribution in [2.75, 3.05) is 0 Å². The summed E-state index contributed by atoms with van der Waals surface area (Å²) in [5.41, 5.74) is 2.33. The predicted molar refractivity (Wildman–Crippen MR) is 119 cm³/mol. The molecule has 31 heavy (non-hydrogen) atoms. The van der Waals surface area contributed by atoms with Crippen LogP contribution in [0.15, 0.2) is 88.6 Å². The van der Waals surface area contributed by atoms with Gasteiger partial charge in [0.15, 0.2) is 0 Å². The molecule has 0 aliphatic rings. The summed E-state index contributed by atoms with van der Waals surface area (Å²) in [4.78, 5) is 15.1. The van der Waals surface area contributed by atoms with E-state index in [4.69, 9.17) is 0 Å². The minimum atomic E-state index is -4.20. The number of hydrogen-bond donors (Lipinski definition) is 1. The average molecular weight is 437 g/mol. The number of sulfonamides is 1. The van der Waals surface area contributed by atoms with Gasteiger partial charge < -0.3 is 4.98 Å². The maximum absolute atomic E-state index is 14.4. The first-order valence-corrected chi connectivity index (χ1v) is 11.2. The first-order chi connectivity index (χ1) is 14.8. The van der Waals surface area contributed by atoms with Crippen molar-refractivity contribution in [3.63, 3.8) is 0 Å². The van der Waals surface area contributed by atoms with E-state index in [1.165, 1.54) is 18.2 Å². The number of pyridine rings is 1. The Labute approximate surface area is 179 Å². The molecule has 0 unspecified atom stereocenters. The van der Waals surface area contributed by atoms with Gasteiger partial charge in [-0.1, -0.05) is 54.1 Å². The summed E-state index contributed by atoms with van der Waals surface area (Å²) in [6, 6.07) is 21.6. The molecule has 5 nitrogen and oxygen atoms in total. The lowest BCUT2D eigenvalue weighted by atomic mass is 10.1. The SMILES string of the molecule is Cc1ccc2[nH]c(=O)c(CN(Cc3ccccc3)S(=O)(=O)c3ccccc3F)cc2c1. The Balaban J connectivity index is 1.80. The number of fused-ring (bicyclic) bond motifs is 1. The van der Waals surface area contributed by atoms with Gasteiger partial charge in [-0.3, -0.25) is 4.79 Å². The van der Waals surface area contributed by atoms with Crippen LogP contribution in [0.25, 0.3) is 10.9 Å². The second-order valence-corrected chi connectivity index (χ2v) is 9.31. The zero-order valence-corrected chi connectivity index (χ0v) is 17.7. The Morgan fingerprint density at radius 1 is 0.903 bits per heavy atom. The molecule has 0 saturated heterocycles. The van der Waals surface area contributed by atoms with Gasteiger partial charge in [0.05, 0.1) is 0 Å². The minimum absolute atomic E-state index is 0.00278. The Morgan fingerprint density at radius 2 is 1.61 bits per heavy atom. The van der Waals surface area contributed by atoms with Gasteiger partial charge in [0.1, 0.15) is 10.7 Å².